The number of nitrogens with zero attached hydrogens (tertiary/aromatic N) is 1. The SMILES string of the molecule is CC(C)CC(=O)NC(=S)NNC(=O)c1ccncc1. The summed E-state index contributed by atoms with van der Waals surface area (Å²) in [7, 11) is 0. The van der Waals surface area contributed by atoms with Gasteiger partial charge in [-0.3, -0.25) is 25.4 Å². The number of pyridine rings is 1. The Morgan fingerprint density at radius 2 is 1.89 bits per heavy atom. The van der Waals surface area contributed by atoms with Crippen LogP contribution >= 0.6 is 12.2 Å². The Kier molecular flexibility index (Phi) is 5.87. The lowest BCUT2D eigenvalue weighted by atomic mass is 10.1. The summed E-state index contributed by atoms with van der Waals surface area (Å²) < 4.78 is 0. The van der Waals surface area contributed by atoms with Crippen molar-refractivity contribution in [3.05, 3.63) is 30.1 Å². The van der Waals surface area contributed by atoms with E-state index < -0.39 is 0 Å². The maximum atomic E-state index is 11.6. The predicted molar refractivity (Wildman–Crippen MR) is 75.0 cm³/mol. The fourth-order valence-electron chi connectivity index (χ4n) is 1.27. The first-order chi connectivity index (χ1) is 8.99. The third kappa shape index (κ3) is 5.91. The zero-order valence-electron chi connectivity index (χ0n) is 10.8. The summed E-state index contributed by atoms with van der Waals surface area (Å²) in [4.78, 5) is 26.9. The molecule has 1 aromatic heterocycles. The van der Waals surface area contributed by atoms with Crippen LogP contribution < -0.4 is 16.2 Å². The number of carbonyl (C=O) groups is 2. The minimum absolute atomic E-state index is 0.0630. The zero-order chi connectivity index (χ0) is 14.3. The molecule has 102 valence electrons. The highest BCUT2D eigenvalue weighted by Gasteiger charge is 2.08. The first-order valence-corrected chi connectivity index (χ1v) is 6.20. The normalized spacial score (nSPS) is 9.84. The molecule has 0 fully saturated rings. The smallest absolute Gasteiger partial charge is 0.269 e. The van der Waals surface area contributed by atoms with Gasteiger partial charge >= 0.3 is 0 Å². The van der Waals surface area contributed by atoms with E-state index in [1.54, 1.807) is 12.1 Å². The van der Waals surface area contributed by atoms with Crippen LogP contribution in [0.1, 0.15) is 30.6 Å². The molecule has 6 nitrogen and oxygen atoms in total. The van der Waals surface area contributed by atoms with Crippen LogP contribution in [0.15, 0.2) is 24.5 Å². The van der Waals surface area contributed by atoms with Gasteiger partial charge in [-0.2, -0.15) is 0 Å². The molecule has 0 atom stereocenters. The second-order valence-corrected chi connectivity index (χ2v) is 4.70. The third-order valence-corrected chi connectivity index (χ3v) is 2.28. The second-order valence-electron chi connectivity index (χ2n) is 4.29. The van der Waals surface area contributed by atoms with Crippen molar-refractivity contribution in [1.82, 2.24) is 21.2 Å². The maximum absolute atomic E-state index is 11.6. The summed E-state index contributed by atoms with van der Waals surface area (Å²) in [5.41, 5.74) is 5.29. The van der Waals surface area contributed by atoms with Crippen LogP contribution in [0, 0.1) is 5.92 Å². The number of hydrogen-bond acceptors (Lipinski definition) is 4. The van der Waals surface area contributed by atoms with E-state index in [9.17, 15) is 9.59 Å². The maximum Gasteiger partial charge on any atom is 0.269 e. The van der Waals surface area contributed by atoms with Crippen LogP contribution in [0.25, 0.3) is 0 Å². The molecular formula is C12H16N4O2S. The van der Waals surface area contributed by atoms with Crippen LogP contribution in [0.2, 0.25) is 0 Å². The highest BCUT2D eigenvalue weighted by Crippen LogP contribution is 1.97. The Morgan fingerprint density at radius 3 is 2.47 bits per heavy atom. The Bertz CT molecular complexity index is 462. The van der Waals surface area contributed by atoms with E-state index in [0.29, 0.717) is 12.0 Å². The molecule has 19 heavy (non-hydrogen) atoms. The minimum atomic E-state index is -0.358. The summed E-state index contributed by atoms with van der Waals surface area (Å²) in [6.45, 7) is 3.86. The molecule has 3 N–H and O–H groups in total. The van der Waals surface area contributed by atoms with Gasteiger partial charge in [0.25, 0.3) is 5.91 Å². The van der Waals surface area contributed by atoms with Gasteiger partial charge in [-0.25, -0.2) is 0 Å². The first-order valence-electron chi connectivity index (χ1n) is 5.79. The van der Waals surface area contributed by atoms with Crippen molar-refractivity contribution >= 4 is 29.1 Å². The quantitative estimate of drug-likeness (QED) is 0.562. The Hall–Kier alpha value is -2.02. The summed E-state index contributed by atoms with van der Waals surface area (Å²) in [6.07, 6.45) is 3.40. The van der Waals surface area contributed by atoms with Crippen molar-refractivity contribution in [2.75, 3.05) is 0 Å². The number of amides is 2. The second kappa shape index (κ2) is 7.42. The lowest BCUT2D eigenvalue weighted by Gasteiger charge is -2.11. The molecule has 0 saturated carbocycles. The molecule has 0 unspecified atom stereocenters. The van der Waals surface area contributed by atoms with Crippen LogP contribution in [0.4, 0.5) is 0 Å². The zero-order valence-corrected chi connectivity index (χ0v) is 11.6. The van der Waals surface area contributed by atoms with Gasteiger partial charge in [-0.15, -0.1) is 0 Å². The van der Waals surface area contributed by atoms with Crippen molar-refractivity contribution in [1.29, 1.82) is 0 Å². The third-order valence-electron chi connectivity index (χ3n) is 2.08. The number of rotatable bonds is 3. The van der Waals surface area contributed by atoms with Crippen molar-refractivity contribution in [3.63, 3.8) is 0 Å². The molecule has 1 rings (SSSR count). The van der Waals surface area contributed by atoms with Crippen LogP contribution in [0.5, 0.6) is 0 Å². The molecule has 0 spiro atoms. The van der Waals surface area contributed by atoms with E-state index in [0.717, 1.165) is 0 Å². The van der Waals surface area contributed by atoms with Gasteiger partial charge < -0.3 is 5.32 Å². The van der Waals surface area contributed by atoms with E-state index in [1.165, 1.54) is 12.4 Å². The van der Waals surface area contributed by atoms with Gasteiger partial charge in [-0.1, -0.05) is 13.8 Å². The predicted octanol–water partition coefficient (Wildman–Crippen LogP) is 0.763. The molecule has 0 radical (unpaired) electrons. The fraction of sp³-hybridized carbons (Fsp3) is 0.333. The Balaban J connectivity index is 2.35. The molecule has 0 aliphatic carbocycles. The number of thiocarbonyl (C=S) groups is 1. The van der Waals surface area contributed by atoms with E-state index in [-0.39, 0.29) is 22.8 Å². The van der Waals surface area contributed by atoms with Crippen LogP contribution in [-0.2, 0) is 4.79 Å². The molecular weight excluding hydrogens is 264 g/mol. The highest BCUT2D eigenvalue weighted by molar-refractivity contribution is 7.80. The molecule has 1 aromatic rings. The molecule has 0 aliphatic heterocycles. The van der Waals surface area contributed by atoms with Crippen LogP contribution in [-0.4, -0.2) is 21.9 Å². The Morgan fingerprint density at radius 1 is 1.26 bits per heavy atom. The molecule has 2 amide bonds. The molecule has 7 heteroatoms. The van der Waals surface area contributed by atoms with E-state index in [4.69, 9.17) is 12.2 Å². The van der Waals surface area contributed by atoms with E-state index >= 15 is 0 Å². The fourth-order valence-corrected chi connectivity index (χ4v) is 1.43. The van der Waals surface area contributed by atoms with Crippen molar-refractivity contribution < 1.29 is 9.59 Å². The number of nitrogens with one attached hydrogen (secondary N) is 3. The van der Waals surface area contributed by atoms with Gasteiger partial charge in [0.1, 0.15) is 0 Å². The summed E-state index contributed by atoms with van der Waals surface area (Å²) in [6, 6.07) is 3.13. The van der Waals surface area contributed by atoms with E-state index in [1.807, 2.05) is 13.8 Å². The van der Waals surface area contributed by atoms with Crippen LogP contribution in [0.3, 0.4) is 0 Å². The molecule has 0 aromatic carbocycles. The lowest BCUT2D eigenvalue weighted by Crippen LogP contribution is -2.48. The van der Waals surface area contributed by atoms with Crippen molar-refractivity contribution in [2.24, 2.45) is 5.92 Å². The largest absolute Gasteiger partial charge is 0.302 e. The average Bonchev–Trinajstić information content (AvgIpc) is 2.36. The van der Waals surface area contributed by atoms with Crippen molar-refractivity contribution in [3.8, 4) is 0 Å². The molecule has 0 aliphatic rings. The standard InChI is InChI=1S/C12H16N4O2S/c1-8(2)7-10(17)14-12(19)16-15-11(18)9-3-5-13-6-4-9/h3-6,8H,7H2,1-2H3,(H,15,18)(H2,14,16,17,19). The number of carbonyl (C=O) groups excluding carboxylic acids is 2. The van der Waals surface area contributed by atoms with Gasteiger partial charge in [0.05, 0.1) is 0 Å². The summed E-state index contributed by atoms with van der Waals surface area (Å²) in [5.74, 6) is -0.303. The Labute approximate surface area is 117 Å². The van der Waals surface area contributed by atoms with E-state index in [2.05, 4.69) is 21.2 Å². The molecule has 1 heterocycles. The van der Waals surface area contributed by atoms with Gasteiger partial charge in [0.15, 0.2) is 5.11 Å². The average molecular weight is 280 g/mol. The number of hydrazine groups is 1. The first kappa shape index (κ1) is 15.0. The molecule has 0 bridgehead atoms. The number of hydrogen-bond donors (Lipinski definition) is 3. The monoisotopic (exact) mass is 280 g/mol. The summed E-state index contributed by atoms with van der Waals surface area (Å²) >= 11 is 4.88. The molecule has 0 saturated heterocycles. The summed E-state index contributed by atoms with van der Waals surface area (Å²) in [5, 5.41) is 2.54. The van der Waals surface area contributed by atoms with Crippen molar-refractivity contribution in [2.45, 2.75) is 20.3 Å². The van der Waals surface area contributed by atoms with Gasteiger partial charge in [0.2, 0.25) is 5.91 Å². The number of aromatic nitrogens is 1. The minimum Gasteiger partial charge on any atom is -0.302 e. The lowest BCUT2D eigenvalue weighted by molar-refractivity contribution is -0.120. The highest BCUT2D eigenvalue weighted by atomic mass is 32.1. The van der Waals surface area contributed by atoms with Gasteiger partial charge in [0, 0.05) is 24.4 Å². The van der Waals surface area contributed by atoms with Gasteiger partial charge in [-0.05, 0) is 30.3 Å². The topological polar surface area (TPSA) is 83.1 Å².